The molecule has 0 aromatic rings. The Hall–Kier alpha value is -0.660. The van der Waals surface area contributed by atoms with Crippen LogP contribution >= 0.6 is 0 Å². The van der Waals surface area contributed by atoms with Crippen molar-refractivity contribution in [1.82, 2.24) is 0 Å². The Morgan fingerprint density at radius 3 is 2.15 bits per heavy atom. The molecule has 2 atom stereocenters. The molecule has 0 aromatic heterocycles. The number of carbonyl (C=O) groups is 2. The van der Waals surface area contributed by atoms with E-state index >= 15 is 0 Å². The van der Waals surface area contributed by atoms with Gasteiger partial charge in [0.15, 0.2) is 0 Å². The topological polar surface area (TPSA) is 34.1 Å². The van der Waals surface area contributed by atoms with Gasteiger partial charge in [-0.1, -0.05) is 19.8 Å². The van der Waals surface area contributed by atoms with Crippen LogP contribution in [0.15, 0.2) is 0 Å². The summed E-state index contributed by atoms with van der Waals surface area (Å²) in [5.41, 5.74) is 0. The van der Waals surface area contributed by atoms with Crippen LogP contribution in [0.2, 0.25) is 0 Å². The van der Waals surface area contributed by atoms with Crippen molar-refractivity contribution < 1.29 is 9.59 Å². The molecule has 0 spiro atoms. The highest BCUT2D eigenvalue weighted by Crippen LogP contribution is 2.31. The Morgan fingerprint density at radius 2 is 1.69 bits per heavy atom. The molecule has 74 valence electrons. The Bertz CT molecular complexity index is 208. The molecular weight excluding hydrogens is 164 g/mol. The maximum Gasteiger partial charge on any atom is 0.136 e. The average Bonchev–Trinajstić information content (AvgIpc) is 2.16. The molecular formula is C11H18O2. The van der Waals surface area contributed by atoms with E-state index in [0.717, 1.165) is 25.7 Å². The van der Waals surface area contributed by atoms with Gasteiger partial charge in [-0.15, -0.1) is 0 Å². The highest BCUT2D eigenvalue weighted by molar-refractivity contribution is 5.88. The summed E-state index contributed by atoms with van der Waals surface area (Å²) in [5, 5.41) is 0. The molecule has 1 rings (SSSR count). The Labute approximate surface area is 79.7 Å². The van der Waals surface area contributed by atoms with E-state index in [1.54, 1.807) is 6.92 Å². The van der Waals surface area contributed by atoms with E-state index in [9.17, 15) is 9.59 Å². The van der Waals surface area contributed by atoms with Crippen molar-refractivity contribution in [3.05, 3.63) is 0 Å². The van der Waals surface area contributed by atoms with Gasteiger partial charge in [0.2, 0.25) is 0 Å². The van der Waals surface area contributed by atoms with Crippen molar-refractivity contribution in [3.63, 3.8) is 0 Å². The van der Waals surface area contributed by atoms with E-state index in [0.29, 0.717) is 6.42 Å². The lowest BCUT2D eigenvalue weighted by molar-refractivity contribution is -0.132. The minimum absolute atomic E-state index is 0.0289. The maximum atomic E-state index is 11.5. The number of hydrogen-bond acceptors (Lipinski definition) is 2. The zero-order chi connectivity index (χ0) is 9.84. The molecule has 0 aromatic carbocycles. The van der Waals surface area contributed by atoms with Crippen LogP contribution < -0.4 is 0 Å². The summed E-state index contributed by atoms with van der Waals surface area (Å²) in [7, 11) is 0. The van der Waals surface area contributed by atoms with Crippen LogP contribution in [-0.4, -0.2) is 11.6 Å². The van der Waals surface area contributed by atoms with Gasteiger partial charge in [0, 0.05) is 18.3 Å². The second-order valence-electron chi connectivity index (χ2n) is 3.93. The van der Waals surface area contributed by atoms with Crippen LogP contribution in [0.5, 0.6) is 0 Å². The Balaban J connectivity index is 2.67. The molecule has 13 heavy (non-hydrogen) atoms. The van der Waals surface area contributed by atoms with Gasteiger partial charge in [-0.2, -0.15) is 0 Å². The van der Waals surface area contributed by atoms with Gasteiger partial charge < -0.3 is 0 Å². The number of ketones is 2. The standard InChI is InChI=1S/C11H18O2/c1-3-11(13)10-7-5-4-6-9(10)8(2)12/h9-10H,3-7H2,1-2H3/t9-,10?/m1/s1. The maximum absolute atomic E-state index is 11.5. The highest BCUT2D eigenvalue weighted by Gasteiger charge is 2.32. The summed E-state index contributed by atoms with van der Waals surface area (Å²) in [5.74, 6) is 0.545. The van der Waals surface area contributed by atoms with Crippen LogP contribution in [0, 0.1) is 11.8 Å². The van der Waals surface area contributed by atoms with E-state index in [2.05, 4.69) is 0 Å². The van der Waals surface area contributed by atoms with Crippen molar-refractivity contribution in [2.24, 2.45) is 11.8 Å². The molecule has 0 N–H and O–H groups in total. The molecule has 0 heterocycles. The van der Waals surface area contributed by atoms with E-state index in [4.69, 9.17) is 0 Å². The highest BCUT2D eigenvalue weighted by atomic mass is 16.1. The SMILES string of the molecule is CCC(=O)C1CCCC[C@@H]1C(C)=O. The lowest BCUT2D eigenvalue weighted by Crippen LogP contribution is -2.31. The van der Waals surface area contributed by atoms with E-state index in [1.165, 1.54) is 0 Å². The third-order valence-corrected chi connectivity index (χ3v) is 3.05. The number of hydrogen-bond donors (Lipinski definition) is 0. The third-order valence-electron chi connectivity index (χ3n) is 3.05. The number of carbonyl (C=O) groups excluding carboxylic acids is 2. The van der Waals surface area contributed by atoms with Gasteiger partial charge in [-0.25, -0.2) is 0 Å². The predicted octanol–water partition coefficient (Wildman–Crippen LogP) is 2.36. The minimum atomic E-state index is 0.0289. The van der Waals surface area contributed by atoms with Gasteiger partial charge in [0.25, 0.3) is 0 Å². The fourth-order valence-corrected chi connectivity index (χ4v) is 2.27. The molecule has 1 saturated carbocycles. The second-order valence-corrected chi connectivity index (χ2v) is 3.93. The smallest absolute Gasteiger partial charge is 0.136 e. The summed E-state index contributed by atoms with van der Waals surface area (Å²) < 4.78 is 0. The quantitative estimate of drug-likeness (QED) is 0.671. The molecule has 0 bridgehead atoms. The minimum Gasteiger partial charge on any atom is -0.300 e. The first kappa shape index (κ1) is 10.4. The van der Waals surface area contributed by atoms with Crippen LogP contribution in [0.25, 0.3) is 0 Å². The zero-order valence-electron chi connectivity index (χ0n) is 8.51. The lowest BCUT2D eigenvalue weighted by Gasteiger charge is -2.28. The van der Waals surface area contributed by atoms with E-state index in [-0.39, 0.29) is 23.4 Å². The normalized spacial score (nSPS) is 28.5. The molecule has 1 aliphatic rings. The Kier molecular flexibility index (Phi) is 3.64. The number of Topliss-reactive ketones (excluding diaryl/α,β-unsaturated/α-hetero) is 2. The molecule has 0 amide bonds. The van der Waals surface area contributed by atoms with Gasteiger partial charge in [0.05, 0.1) is 0 Å². The fraction of sp³-hybridized carbons (Fsp3) is 0.818. The third kappa shape index (κ3) is 2.39. The van der Waals surface area contributed by atoms with Crippen molar-refractivity contribution in [2.75, 3.05) is 0 Å². The van der Waals surface area contributed by atoms with Crippen molar-refractivity contribution in [3.8, 4) is 0 Å². The molecule has 0 aliphatic heterocycles. The van der Waals surface area contributed by atoms with Crippen LogP contribution in [0.4, 0.5) is 0 Å². The fourth-order valence-electron chi connectivity index (χ4n) is 2.27. The van der Waals surface area contributed by atoms with Crippen LogP contribution in [0.3, 0.4) is 0 Å². The van der Waals surface area contributed by atoms with Crippen molar-refractivity contribution >= 4 is 11.6 Å². The summed E-state index contributed by atoms with van der Waals surface area (Å²) in [6.45, 7) is 3.50. The summed E-state index contributed by atoms with van der Waals surface area (Å²) in [4.78, 5) is 22.8. The van der Waals surface area contributed by atoms with Gasteiger partial charge in [-0.05, 0) is 19.8 Å². The molecule has 1 unspecified atom stereocenters. The Morgan fingerprint density at radius 1 is 1.15 bits per heavy atom. The molecule has 1 aliphatic carbocycles. The monoisotopic (exact) mass is 182 g/mol. The van der Waals surface area contributed by atoms with Gasteiger partial charge in [0.1, 0.15) is 11.6 Å². The second kappa shape index (κ2) is 4.54. The zero-order valence-corrected chi connectivity index (χ0v) is 8.51. The molecule has 2 heteroatoms. The first-order valence-corrected chi connectivity index (χ1v) is 5.20. The average molecular weight is 182 g/mol. The molecule has 2 nitrogen and oxygen atoms in total. The van der Waals surface area contributed by atoms with E-state index < -0.39 is 0 Å². The first-order chi connectivity index (χ1) is 6.16. The number of rotatable bonds is 3. The largest absolute Gasteiger partial charge is 0.300 e. The summed E-state index contributed by atoms with van der Waals surface area (Å²) in [6.07, 6.45) is 4.65. The summed E-state index contributed by atoms with van der Waals surface area (Å²) in [6, 6.07) is 0. The van der Waals surface area contributed by atoms with Crippen molar-refractivity contribution in [1.29, 1.82) is 0 Å². The van der Waals surface area contributed by atoms with Crippen molar-refractivity contribution in [2.45, 2.75) is 46.0 Å². The van der Waals surface area contributed by atoms with Gasteiger partial charge >= 0.3 is 0 Å². The molecule has 1 fully saturated rings. The predicted molar refractivity (Wildman–Crippen MR) is 51.4 cm³/mol. The molecule has 0 radical (unpaired) electrons. The van der Waals surface area contributed by atoms with Crippen LogP contribution in [0.1, 0.15) is 46.0 Å². The van der Waals surface area contributed by atoms with E-state index in [1.807, 2.05) is 6.92 Å². The lowest BCUT2D eigenvalue weighted by atomic mass is 9.74. The summed E-state index contributed by atoms with van der Waals surface area (Å²) >= 11 is 0. The first-order valence-electron chi connectivity index (χ1n) is 5.20. The van der Waals surface area contributed by atoms with Gasteiger partial charge in [-0.3, -0.25) is 9.59 Å². The van der Waals surface area contributed by atoms with Crippen LogP contribution in [-0.2, 0) is 9.59 Å². The molecule has 0 saturated heterocycles.